The van der Waals surface area contributed by atoms with Crippen molar-refractivity contribution < 1.29 is 23.0 Å². The highest BCUT2D eigenvalue weighted by Gasteiger charge is 2.25. The summed E-state index contributed by atoms with van der Waals surface area (Å²) in [5, 5.41) is 19.0. The maximum Gasteiger partial charge on any atom is 0.273 e. The topological polar surface area (TPSA) is 157 Å². The second-order valence-corrected chi connectivity index (χ2v) is 7.14. The van der Waals surface area contributed by atoms with E-state index in [-0.39, 0.29) is 40.5 Å². The van der Waals surface area contributed by atoms with E-state index in [0.717, 1.165) is 12.8 Å². The van der Waals surface area contributed by atoms with Crippen LogP contribution in [0.25, 0.3) is 11.4 Å². The van der Waals surface area contributed by atoms with Gasteiger partial charge in [0.25, 0.3) is 5.91 Å². The lowest BCUT2D eigenvalue weighted by molar-refractivity contribution is -0.116. The average Bonchev–Trinajstić information content (AvgIpc) is 3.48. The molecule has 2 amide bonds. The number of aromatic nitrogens is 5. The summed E-state index contributed by atoms with van der Waals surface area (Å²) < 4.78 is 32.5. The van der Waals surface area contributed by atoms with Crippen molar-refractivity contribution in [2.24, 2.45) is 5.92 Å². The van der Waals surface area contributed by atoms with E-state index in [9.17, 15) is 9.59 Å². The molecule has 1 saturated carbocycles. The molecule has 4 rings (SSSR count). The Kier molecular flexibility index (Phi) is 4.92. The Morgan fingerprint density at radius 2 is 2.19 bits per heavy atom. The number of anilines is 3. The van der Waals surface area contributed by atoms with Crippen LogP contribution in [-0.4, -0.2) is 51.2 Å². The highest BCUT2D eigenvalue weighted by atomic mass is 16.5. The first-order valence-electron chi connectivity index (χ1n) is 11.2. The van der Waals surface area contributed by atoms with Gasteiger partial charge in [0.1, 0.15) is 0 Å². The Morgan fingerprint density at radius 1 is 1.34 bits per heavy atom. The van der Waals surface area contributed by atoms with E-state index >= 15 is 0 Å². The zero-order valence-corrected chi connectivity index (χ0v) is 17.3. The number of carbonyl (C=O) groups is 2. The molecule has 3 heterocycles. The van der Waals surface area contributed by atoms with Gasteiger partial charge < -0.3 is 25.2 Å². The fraction of sp³-hybridized carbons (Fsp3) is 0.350. The molecule has 12 nitrogen and oxygen atoms in total. The van der Waals surface area contributed by atoms with Crippen molar-refractivity contribution in [2.45, 2.75) is 26.2 Å². The number of hydrogen-bond acceptors (Lipinski definition) is 10. The molecule has 0 unspecified atom stereocenters. The van der Waals surface area contributed by atoms with Crippen LogP contribution in [0.2, 0.25) is 0 Å². The molecule has 0 atom stereocenters. The minimum absolute atomic E-state index is 0.0377. The van der Waals surface area contributed by atoms with E-state index in [2.05, 4.69) is 36.0 Å². The molecule has 0 aliphatic heterocycles. The first-order chi connectivity index (χ1) is 16.6. The van der Waals surface area contributed by atoms with Gasteiger partial charge in [0, 0.05) is 36.7 Å². The molecular weight excluding hydrogens is 416 g/mol. The van der Waals surface area contributed by atoms with Gasteiger partial charge in [0.05, 0.1) is 18.4 Å². The fourth-order valence-corrected chi connectivity index (χ4v) is 3.01. The van der Waals surface area contributed by atoms with Crippen molar-refractivity contribution in [3.05, 3.63) is 29.9 Å². The summed E-state index contributed by atoms with van der Waals surface area (Å²) in [5.41, 5.74) is 0.164. The summed E-state index contributed by atoms with van der Waals surface area (Å²) in [7, 11) is 1.41. The van der Waals surface area contributed by atoms with E-state index in [0.29, 0.717) is 23.8 Å². The summed E-state index contributed by atoms with van der Waals surface area (Å²) in [6.07, 6.45) is 3.82. The van der Waals surface area contributed by atoms with Crippen molar-refractivity contribution in [1.82, 2.24) is 30.6 Å². The van der Waals surface area contributed by atoms with E-state index in [1.807, 2.05) is 5.32 Å². The van der Waals surface area contributed by atoms with Crippen LogP contribution in [0.1, 0.15) is 39.8 Å². The van der Waals surface area contributed by atoms with Crippen LogP contribution in [0.15, 0.2) is 22.9 Å². The molecule has 1 aliphatic carbocycles. The van der Waals surface area contributed by atoms with Gasteiger partial charge in [-0.15, -0.1) is 10.2 Å². The number of amides is 2. The number of rotatable bonds is 8. The van der Waals surface area contributed by atoms with Crippen LogP contribution in [-0.2, 0) is 4.79 Å². The second-order valence-electron chi connectivity index (χ2n) is 7.14. The van der Waals surface area contributed by atoms with Crippen LogP contribution < -0.4 is 20.7 Å². The predicted molar refractivity (Wildman–Crippen MR) is 113 cm³/mol. The molecule has 0 radical (unpaired) electrons. The molecule has 1 aliphatic rings. The fourth-order valence-electron chi connectivity index (χ4n) is 3.01. The number of hydrogen-bond donors (Lipinski definition) is 3. The van der Waals surface area contributed by atoms with Crippen molar-refractivity contribution in [2.75, 3.05) is 24.7 Å². The third-order valence-electron chi connectivity index (χ3n) is 4.69. The standard InChI is InChI=1S/C20H22N8O4/c1-10-23-18(28-32-10)12-6-7-22-19(17(12)31-3)24-13-9-14(25-15(29)8-11-4-5-11)26-27-16(13)20(30)21-2/h6-7,9,11H,4-5,8H2,1-3H3,(H,21,30)(H2,22,24,25,26,29)/i2D3. The molecule has 0 spiro atoms. The van der Waals surface area contributed by atoms with E-state index < -0.39 is 12.9 Å². The number of pyridine rings is 1. The van der Waals surface area contributed by atoms with Gasteiger partial charge in [-0.1, -0.05) is 5.16 Å². The Labute approximate surface area is 187 Å². The van der Waals surface area contributed by atoms with Crippen molar-refractivity contribution in [3.8, 4) is 17.1 Å². The lowest BCUT2D eigenvalue weighted by Gasteiger charge is -2.15. The molecule has 3 aromatic heterocycles. The largest absolute Gasteiger partial charge is 0.492 e. The zero-order chi connectivity index (χ0) is 25.2. The highest BCUT2D eigenvalue weighted by molar-refractivity contribution is 5.99. The molecule has 12 heteroatoms. The Hall–Kier alpha value is -4.09. The first-order valence-corrected chi connectivity index (χ1v) is 9.73. The molecule has 0 bridgehead atoms. The van der Waals surface area contributed by atoms with Crippen molar-refractivity contribution in [1.29, 1.82) is 0 Å². The SMILES string of the molecule is [2H]C([2H])([2H])NC(=O)c1nnc(NC(=O)CC2CC2)cc1Nc1nccc(-c2noc(C)n2)c1OC. The van der Waals surface area contributed by atoms with E-state index in [4.69, 9.17) is 13.4 Å². The normalized spacial score (nSPS) is 14.6. The van der Waals surface area contributed by atoms with Gasteiger partial charge in [0.15, 0.2) is 23.1 Å². The van der Waals surface area contributed by atoms with Crippen LogP contribution in [0.5, 0.6) is 5.75 Å². The summed E-state index contributed by atoms with van der Waals surface area (Å²) >= 11 is 0. The maximum atomic E-state index is 12.6. The summed E-state index contributed by atoms with van der Waals surface area (Å²) in [6.45, 7) is -1.11. The minimum Gasteiger partial charge on any atom is -0.492 e. The Bertz CT molecular complexity index is 1260. The summed E-state index contributed by atoms with van der Waals surface area (Å²) in [6, 6.07) is 2.98. The Morgan fingerprint density at radius 3 is 2.88 bits per heavy atom. The van der Waals surface area contributed by atoms with Crippen LogP contribution in [0, 0.1) is 12.8 Å². The molecule has 0 aromatic carbocycles. The number of aryl methyl sites for hydroxylation is 1. The summed E-state index contributed by atoms with van der Waals surface area (Å²) in [5.74, 6) is 0.179. The lowest BCUT2D eigenvalue weighted by atomic mass is 10.2. The van der Waals surface area contributed by atoms with Gasteiger partial charge in [-0.05, 0) is 24.8 Å². The van der Waals surface area contributed by atoms with E-state index in [1.54, 1.807) is 13.0 Å². The lowest BCUT2D eigenvalue weighted by Crippen LogP contribution is -2.22. The number of carbonyl (C=O) groups excluding carboxylic acids is 2. The molecule has 32 heavy (non-hydrogen) atoms. The Balaban J connectivity index is 1.70. The first kappa shape index (κ1) is 17.6. The van der Waals surface area contributed by atoms with Crippen LogP contribution >= 0.6 is 0 Å². The molecule has 3 aromatic rings. The maximum absolute atomic E-state index is 12.6. The quantitative estimate of drug-likeness (QED) is 0.473. The molecule has 1 fully saturated rings. The third kappa shape index (κ3) is 4.63. The number of nitrogens with one attached hydrogen (secondary N) is 3. The highest BCUT2D eigenvalue weighted by Crippen LogP contribution is 2.36. The predicted octanol–water partition coefficient (Wildman–Crippen LogP) is 2.08. The van der Waals surface area contributed by atoms with Gasteiger partial charge in [-0.2, -0.15) is 4.98 Å². The van der Waals surface area contributed by atoms with Crippen molar-refractivity contribution >= 4 is 29.1 Å². The van der Waals surface area contributed by atoms with E-state index in [1.165, 1.54) is 19.4 Å². The number of ether oxygens (including phenoxy) is 1. The van der Waals surface area contributed by atoms with Gasteiger partial charge in [0.2, 0.25) is 17.6 Å². The zero-order valence-electron chi connectivity index (χ0n) is 20.3. The minimum atomic E-state index is -2.75. The van der Waals surface area contributed by atoms with Crippen molar-refractivity contribution in [3.63, 3.8) is 0 Å². The molecule has 166 valence electrons. The van der Waals surface area contributed by atoms with Gasteiger partial charge in [-0.3, -0.25) is 9.59 Å². The van der Waals surface area contributed by atoms with Gasteiger partial charge >= 0.3 is 0 Å². The number of methoxy groups -OCH3 is 1. The second kappa shape index (κ2) is 8.96. The number of nitrogens with zero attached hydrogens (tertiary/aromatic N) is 5. The summed E-state index contributed by atoms with van der Waals surface area (Å²) in [4.78, 5) is 33.3. The average molecular weight is 441 g/mol. The molecule has 3 N–H and O–H groups in total. The molecular formula is C20H22N8O4. The van der Waals surface area contributed by atoms with Gasteiger partial charge in [-0.25, -0.2) is 4.98 Å². The van der Waals surface area contributed by atoms with Crippen LogP contribution in [0.3, 0.4) is 0 Å². The smallest absolute Gasteiger partial charge is 0.273 e. The third-order valence-corrected chi connectivity index (χ3v) is 4.69. The monoisotopic (exact) mass is 441 g/mol. The molecule has 0 saturated heterocycles. The van der Waals surface area contributed by atoms with Crippen LogP contribution in [0.4, 0.5) is 17.3 Å².